The summed E-state index contributed by atoms with van der Waals surface area (Å²) in [5, 5.41) is 14.2. The van der Waals surface area contributed by atoms with Gasteiger partial charge < -0.3 is 9.84 Å². The molecule has 3 heterocycles. The second-order valence-corrected chi connectivity index (χ2v) is 15.2. The predicted molar refractivity (Wildman–Crippen MR) is 198 cm³/mol. The average molecular weight is 825 g/mol. The van der Waals surface area contributed by atoms with Crippen molar-refractivity contribution >= 4 is 58.3 Å². The number of amides is 4. The molecule has 17 heteroatoms. The van der Waals surface area contributed by atoms with Crippen molar-refractivity contribution in [1.82, 2.24) is 15.0 Å². The van der Waals surface area contributed by atoms with E-state index in [4.69, 9.17) is 27.9 Å². The van der Waals surface area contributed by atoms with Crippen molar-refractivity contribution in [2.75, 3.05) is 24.6 Å². The van der Waals surface area contributed by atoms with Gasteiger partial charge in [-0.15, -0.1) is 0 Å². The topological polar surface area (TPSA) is 132 Å². The average Bonchev–Trinajstić information content (AvgIpc) is 3.56. The molecule has 8 rings (SSSR count). The van der Waals surface area contributed by atoms with E-state index in [1.807, 2.05) is 0 Å². The van der Waals surface area contributed by atoms with Gasteiger partial charge in [0.2, 0.25) is 0 Å². The van der Waals surface area contributed by atoms with Gasteiger partial charge in [-0.05, 0) is 91.1 Å². The Balaban J connectivity index is 1.30. The molecule has 2 N–H and O–H groups in total. The fraction of sp³-hybridized carbons (Fsp3) is 0.275. The second-order valence-electron chi connectivity index (χ2n) is 14.3. The highest BCUT2D eigenvalue weighted by atomic mass is 35.5. The number of hydrogen-bond donors (Lipinski definition) is 2. The number of imide groups is 2. The highest BCUT2D eigenvalue weighted by Gasteiger charge is 2.71. The molecule has 0 radical (unpaired) electrons. The van der Waals surface area contributed by atoms with Gasteiger partial charge in [-0.2, -0.15) is 23.2 Å². The lowest BCUT2D eigenvalue weighted by Gasteiger charge is -2.50. The molecule has 2 aliphatic carbocycles. The van der Waals surface area contributed by atoms with Crippen molar-refractivity contribution in [3.8, 4) is 11.5 Å². The van der Waals surface area contributed by atoms with Crippen LogP contribution in [0.25, 0.3) is 0 Å². The van der Waals surface area contributed by atoms with E-state index in [9.17, 15) is 37.1 Å². The molecular weight excluding hydrogens is 793 g/mol. The lowest BCUT2D eigenvalue weighted by molar-refractivity contribution is -0.142. The molecule has 3 fully saturated rings. The molecule has 11 nitrogen and oxygen atoms in total. The quantitative estimate of drug-likeness (QED) is 0.112. The number of anilines is 2. The first kappa shape index (κ1) is 38.2. The van der Waals surface area contributed by atoms with Gasteiger partial charge in [-0.25, -0.2) is 9.37 Å². The molecule has 3 aromatic carbocycles. The predicted octanol–water partition coefficient (Wildman–Crippen LogP) is 7.30. The van der Waals surface area contributed by atoms with Crippen LogP contribution in [-0.2, 0) is 30.8 Å². The van der Waals surface area contributed by atoms with E-state index in [1.54, 1.807) is 36.4 Å². The highest BCUT2D eigenvalue weighted by molar-refractivity contribution is 6.33. The molecule has 0 bridgehead atoms. The van der Waals surface area contributed by atoms with Gasteiger partial charge in [0.15, 0.2) is 5.82 Å². The number of carbonyl (C=O) groups excluding carboxylic acids is 4. The third-order valence-electron chi connectivity index (χ3n) is 11.5. The van der Waals surface area contributed by atoms with Gasteiger partial charge in [0.25, 0.3) is 23.6 Å². The molecule has 4 aliphatic rings. The number of aromatic nitrogens is 1. The Bertz CT molecular complexity index is 2380. The van der Waals surface area contributed by atoms with Gasteiger partial charge in [-0.3, -0.25) is 29.6 Å². The van der Waals surface area contributed by atoms with Gasteiger partial charge >= 0.3 is 6.18 Å². The Hall–Kier alpha value is -5.67. The molecule has 0 unspecified atom stereocenters. The van der Waals surface area contributed by atoms with E-state index in [-0.39, 0.29) is 34.9 Å². The van der Waals surface area contributed by atoms with Crippen molar-refractivity contribution in [3.05, 3.63) is 123 Å². The number of hydrazine groups is 2. The Morgan fingerprint density at radius 1 is 0.930 bits per heavy atom. The zero-order chi connectivity index (χ0) is 40.7. The Labute approximate surface area is 332 Å². The summed E-state index contributed by atoms with van der Waals surface area (Å²) in [5.74, 6) is -9.31. The first-order valence-electron chi connectivity index (χ1n) is 17.7. The number of carbonyl (C=O) groups is 4. The van der Waals surface area contributed by atoms with E-state index in [0.29, 0.717) is 28.0 Å². The third kappa shape index (κ3) is 5.89. The fourth-order valence-corrected chi connectivity index (χ4v) is 9.43. The standard InChI is InChI=1S/C40H31Cl2F4N5O6/c1-49(34-29(42)14-16-31(47-34)40(44,45)46)51-35(53)25-13-12-24-26(32(25)37(51)55)18-28-36(54)50(48-22-9-7-21(43)8-10-22)38(56)39(28,19-3-5-20(41)6-4-19)33(24)27-17-23(57-2)11-15-30(27)52/h3-12,14-17,25-26,28,32-33,48,52H,13,18H2,1-2H3/t25-,26+,28-,32-,33+,39+/m0/s1. The largest absolute Gasteiger partial charge is 0.508 e. The zero-order valence-electron chi connectivity index (χ0n) is 29.9. The van der Waals surface area contributed by atoms with Gasteiger partial charge in [0.05, 0.1) is 41.0 Å². The minimum atomic E-state index is -4.85. The summed E-state index contributed by atoms with van der Waals surface area (Å²) >= 11 is 12.6. The summed E-state index contributed by atoms with van der Waals surface area (Å²) in [6, 6.07) is 17.5. The van der Waals surface area contributed by atoms with Crippen LogP contribution in [0.1, 0.15) is 35.6 Å². The van der Waals surface area contributed by atoms with E-state index in [2.05, 4.69) is 10.4 Å². The number of benzene rings is 3. The Kier molecular flexibility index (Phi) is 9.23. The number of alkyl halides is 3. The number of aromatic hydroxyl groups is 1. The van der Waals surface area contributed by atoms with Crippen LogP contribution in [0.15, 0.2) is 90.5 Å². The molecule has 6 atom stereocenters. The molecule has 294 valence electrons. The number of nitrogens with one attached hydrogen (secondary N) is 1. The van der Waals surface area contributed by atoms with Crippen LogP contribution in [0.4, 0.5) is 29.1 Å². The van der Waals surface area contributed by atoms with E-state index in [0.717, 1.165) is 33.2 Å². The molecule has 2 saturated heterocycles. The lowest BCUT2D eigenvalue weighted by Crippen LogP contribution is -2.53. The maximum atomic E-state index is 15.3. The van der Waals surface area contributed by atoms with Gasteiger partial charge in [-0.1, -0.05) is 47.0 Å². The maximum Gasteiger partial charge on any atom is 0.433 e. The smallest absolute Gasteiger partial charge is 0.433 e. The van der Waals surface area contributed by atoms with Gasteiger partial charge in [0.1, 0.15) is 23.0 Å². The van der Waals surface area contributed by atoms with E-state index in [1.165, 1.54) is 38.4 Å². The number of nitrogens with zero attached hydrogens (tertiary/aromatic N) is 4. The first-order chi connectivity index (χ1) is 27.1. The molecule has 2 aliphatic heterocycles. The van der Waals surface area contributed by atoms with Crippen LogP contribution in [0.3, 0.4) is 0 Å². The SMILES string of the molecule is COc1ccc(O)c([C@H]2C3=CC[C@@H]4C(=O)N(N(C)c5nc(C(F)(F)F)ccc5Cl)C(=O)[C@@H]4[C@@H]3C[C@H]3C(=O)N(Nc4ccc(F)cc4)C(=O)[C@@]23c2ccc(Cl)cc2)c1. The van der Waals surface area contributed by atoms with Crippen molar-refractivity contribution in [2.24, 2.45) is 23.7 Å². The second kappa shape index (κ2) is 13.8. The molecule has 4 aromatic rings. The summed E-state index contributed by atoms with van der Waals surface area (Å²) in [4.78, 5) is 62.5. The molecule has 1 saturated carbocycles. The number of rotatable bonds is 7. The van der Waals surface area contributed by atoms with Crippen molar-refractivity contribution < 1.29 is 46.6 Å². The number of methoxy groups -OCH3 is 1. The van der Waals surface area contributed by atoms with Crippen LogP contribution in [0, 0.1) is 29.5 Å². The maximum absolute atomic E-state index is 15.3. The van der Waals surface area contributed by atoms with E-state index < -0.39 is 82.1 Å². The summed E-state index contributed by atoms with van der Waals surface area (Å²) in [7, 11) is 2.62. The Morgan fingerprint density at radius 2 is 1.63 bits per heavy atom. The number of allylic oxidation sites excluding steroid dienone is 2. The highest BCUT2D eigenvalue weighted by Crippen LogP contribution is 2.65. The summed E-state index contributed by atoms with van der Waals surface area (Å²) in [6.07, 6.45) is -3.28. The minimum absolute atomic E-state index is 0.0303. The number of phenols is 1. The number of fused-ring (bicyclic) bond motifs is 4. The summed E-state index contributed by atoms with van der Waals surface area (Å²) < 4.78 is 60.5. The van der Waals surface area contributed by atoms with Crippen molar-refractivity contribution in [3.63, 3.8) is 0 Å². The number of halogens is 6. The van der Waals surface area contributed by atoms with Crippen molar-refractivity contribution in [1.29, 1.82) is 0 Å². The molecule has 4 amide bonds. The Morgan fingerprint density at radius 3 is 2.30 bits per heavy atom. The van der Waals surface area contributed by atoms with E-state index >= 15 is 4.79 Å². The van der Waals surface area contributed by atoms with Gasteiger partial charge in [0, 0.05) is 23.6 Å². The third-order valence-corrected chi connectivity index (χ3v) is 12.1. The fourth-order valence-electron chi connectivity index (χ4n) is 9.08. The summed E-state index contributed by atoms with van der Waals surface area (Å²) in [5.41, 5.74) is 1.03. The molecule has 0 spiro atoms. The number of ether oxygens (including phenoxy) is 1. The monoisotopic (exact) mass is 823 g/mol. The van der Waals surface area contributed by atoms with Crippen molar-refractivity contribution in [2.45, 2.75) is 30.4 Å². The number of phenolic OH excluding ortho intramolecular Hbond substituents is 1. The van der Waals surface area contributed by atoms with Crippen LogP contribution >= 0.6 is 23.2 Å². The normalized spacial score (nSPS) is 25.5. The summed E-state index contributed by atoms with van der Waals surface area (Å²) in [6.45, 7) is 0. The minimum Gasteiger partial charge on any atom is -0.508 e. The van der Waals surface area contributed by atoms with Crippen LogP contribution in [-0.4, -0.2) is 57.9 Å². The lowest BCUT2D eigenvalue weighted by atomic mass is 9.49. The first-order valence-corrected chi connectivity index (χ1v) is 18.4. The van der Waals surface area contributed by atoms with Crippen LogP contribution in [0.5, 0.6) is 11.5 Å². The van der Waals surface area contributed by atoms with Crippen LogP contribution < -0.4 is 15.2 Å². The molecular formula is C40H31Cl2F4N5O6. The molecule has 1 aromatic heterocycles. The number of hydrogen-bond acceptors (Lipinski definition) is 9. The zero-order valence-corrected chi connectivity index (χ0v) is 31.4. The number of pyridine rings is 1. The van der Waals surface area contributed by atoms with Crippen LogP contribution in [0.2, 0.25) is 10.0 Å². The molecule has 57 heavy (non-hydrogen) atoms.